The molecule has 0 radical (unpaired) electrons. The fraction of sp³-hybridized carbons (Fsp3) is 0.867. The summed E-state index contributed by atoms with van der Waals surface area (Å²) in [7, 11) is 0. The lowest BCUT2D eigenvalue weighted by Gasteiger charge is -2.35. The first-order valence-corrected chi connectivity index (χ1v) is 7.07. The molecular formula is C15H27N. The molecule has 1 unspecified atom stereocenters. The van der Waals surface area contributed by atoms with Gasteiger partial charge in [-0.3, -0.25) is 0 Å². The summed E-state index contributed by atoms with van der Waals surface area (Å²) in [6.45, 7) is 6.03. The van der Waals surface area contributed by atoms with E-state index in [2.05, 4.69) is 25.2 Å². The fourth-order valence-corrected chi connectivity index (χ4v) is 3.27. The standard InChI is InChI=1S/C15H27N/c1-15(2)10-5-8-14(12-15)16-11-9-13-6-3-4-7-13/h6,14,16H,3-5,7-12H2,1-2H3. The maximum atomic E-state index is 3.76. The molecule has 1 atom stereocenters. The summed E-state index contributed by atoms with van der Waals surface area (Å²) < 4.78 is 0. The number of nitrogens with one attached hydrogen (secondary N) is 1. The third-order valence-electron chi connectivity index (χ3n) is 4.22. The topological polar surface area (TPSA) is 12.0 Å². The molecule has 2 rings (SSSR count). The van der Waals surface area contributed by atoms with Crippen molar-refractivity contribution < 1.29 is 0 Å². The van der Waals surface area contributed by atoms with Gasteiger partial charge in [0, 0.05) is 6.04 Å². The maximum absolute atomic E-state index is 3.76. The third-order valence-corrected chi connectivity index (χ3v) is 4.22. The SMILES string of the molecule is CC1(C)CCCC(NCCC2=CCCC2)C1. The molecular weight excluding hydrogens is 194 g/mol. The van der Waals surface area contributed by atoms with Gasteiger partial charge in [0.05, 0.1) is 0 Å². The van der Waals surface area contributed by atoms with Gasteiger partial charge in [0.1, 0.15) is 0 Å². The molecule has 0 saturated heterocycles. The van der Waals surface area contributed by atoms with Gasteiger partial charge in [0.2, 0.25) is 0 Å². The van der Waals surface area contributed by atoms with Gasteiger partial charge in [-0.25, -0.2) is 0 Å². The van der Waals surface area contributed by atoms with Crippen molar-refractivity contribution in [2.45, 2.75) is 71.3 Å². The second-order valence-corrected chi connectivity index (χ2v) is 6.42. The van der Waals surface area contributed by atoms with Gasteiger partial charge in [-0.15, -0.1) is 0 Å². The molecule has 1 N–H and O–H groups in total. The Morgan fingerprint density at radius 3 is 2.94 bits per heavy atom. The van der Waals surface area contributed by atoms with E-state index >= 15 is 0 Å². The summed E-state index contributed by atoms with van der Waals surface area (Å²) in [6.07, 6.45) is 13.4. The maximum Gasteiger partial charge on any atom is 0.00722 e. The minimum atomic E-state index is 0.572. The Kier molecular flexibility index (Phi) is 4.07. The van der Waals surface area contributed by atoms with Crippen LogP contribution in [-0.4, -0.2) is 12.6 Å². The van der Waals surface area contributed by atoms with Crippen molar-refractivity contribution in [3.63, 3.8) is 0 Å². The number of hydrogen-bond acceptors (Lipinski definition) is 1. The Morgan fingerprint density at radius 1 is 1.38 bits per heavy atom. The van der Waals surface area contributed by atoms with Gasteiger partial charge in [-0.05, 0) is 56.9 Å². The van der Waals surface area contributed by atoms with E-state index in [0.29, 0.717) is 5.41 Å². The van der Waals surface area contributed by atoms with Crippen LogP contribution in [0.5, 0.6) is 0 Å². The number of allylic oxidation sites excluding steroid dienone is 1. The molecule has 1 saturated carbocycles. The number of rotatable bonds is 4. The average molecular weight is 221 g/mol. The molecule has 0 amide bonds. The zero-order valence-corrected chi connectivity index (χ0v) is 11.0. The fourth-order valence-electron chi connectivity index (χ4n) is 3.27. The van der Waals surface area contributed by atoms with E-state index in [9.17, 15) is 0 Å². The van der Waals surface area contributed by atoms with Crippen LogP contribution >= 0.6 is 0 Å². The van der Waals surface area contributed by atoms with Crippen molar-refractivity contribution in [2.75, 3.05) is 6.54 Å². The van der Waals surface area contributed by atoms with E-state index in [1.807, 2.05) is 0 Å². The van der Waals surface area contributed by atoms with Crippen molar-refractivity contribution in [2.24, 2.45) is 5.41 Å². The highest BCUT2D eigenvalue weighted by Crippen LogP contribution is 2.35. The molecule has 1 fully saturated rings. The van der Waals surface area contributed by atoms with Gasteiger partial charge in [-0.1, -0.05) is 31.9 Å². The van der Waals surface area contributed by atoms with E-state index in [-0.39, 0.29) is 0 Å². The molecule has 1 heteroatoms. The molecule has 92 valence electrons. The monoisotopic (exact) mass is 221 g/mol. The molecule has 16 heavy (non-hydrogen) atoms. The second-order valence-electron chi connectivity index (χ2n) is 6.42. The Labute approximate surface area is 101 Å². The Morgan fingerprint density at radius 2 is 2.25 bits per heavy atom. The minimum Gasteiger partial charge on any atom is -0.314 e. The van der Waals surface area contributed by atoms with Crippen LogP contribution in [0.25, 0.3) is 0 Å². The van der Waals surface area contributed by atoms with Gasteiger partial charge >= 0.3 is 0 Å². The molecule has 0 aromatic carbocycles. The normalized spacial score (nSPS) is 29.1. The zero-order chi connectivity index (χ0) is 11.4. The Bertz CT molecular complexity index is 252. The minimum absolute atomic E-state index is 0.572. The van der Waals surface area contributed by atoms with Gasteiger partial charge in [0.15, 0.2) is 0 Å². The van der Waals surface area contributed by atoms with Crippen LogP contribution < -0.4 is 5.32 Å². The van der Waals surface area contributed by atoms with E-state index in [0.717, 1.165) is 6.04 Å². The molecule has 2 aliphatic carbocycles. The molecule has 0 bridgehead atoms. The van der Waals surface area contributed by atoms with Crippen LogP contribution in [0.1, 0.15) is 65.2 Å². The molecule has 0 aromatic heterocycles. The Hall–Kier alpha value is -0.300. The summed E-state index contributed by atoms with van der Waals surface area (Å²) in [4.78, 5) is 0. The molecule has 1 nitrogen and oxygen atoms in total. The van der Waals surface area contributed by atoms with Gasteiger partial charge in [-0.2, -0.15) is 0 Å². The lowest BCUT2D eigenvalue weighted by molar-refractivity contribution is 0.199. The van der Waals surface area contributed by atoms with Crippen LogP contribution in [0.4, 0.5) is 0 Å². The van der Waals surface area contributed by atoms with E-state index in [1.165, 1.54) is 57.9 Å². The highest BCUT2D eigenvalue weighted by Gasteiger charge is 2.27. The quantitative estimate of drug-likeness (QED) is 0.706. The molecule has 0 heterocycles. The summed E-state index contributed by atoms with van der Waals surface area (Å²) in [5, 5.41) is 3.76. The predicted molar refractivity (Wildman–Crippen MR) is 70.6 cm³/mol. The van der Waals surface area contributed by atoms with Crippen molar-refractivity contribution >= 4 is 0 Å². The predicted octanol–water partition coefficient (Wildman–Crippen LogP) is 4.05. The summed E-state index contributed by atoms with van der Waals surface area (Å²) in [5.41, 5.74) is 2.27. The van der Waals surface area contributed by atoms with E-state index in [4.69, 9.17) is 0 Å². The van der Waals surface area contributed by atoms with Crippen molar-refractivity contribution in [1.29, 1.82) is 0 Å². The molecule has 0 aromatic rings. The first kappa shape index (κ1) is 12.2. The smallest absolute Gasteiger partial charge is 0.00722 e. The van der Waals surface area contributed by atoms with Crippen molar-refractivity contribution in [3.05, 3.63) is 11.6 Å². The van der Waals surface area contributed by atoms with Crippen LogP contribution in [-0.2, 0) is 0 Å². The van der Waals surface area contributed by atoms with Crippen LogP contribution in [0.2, 0.25) is 0 Å². The zero-order valence-electron chi connectivity index (χ0n) is 11.0. The first-order valence-electron chi connectivity index (χ1n) is 7.07. The molecule has 0 spiro atoms. The van der Waals surface area contributed by atoms with Gasteiger partial charge < -0.3 is 5.32 Å². The first-order chi connectivity index (χ1) is 7.66. The Balaban J connectivity index is 1.65. The van der Waals surface area contributed by atoms with Crippen LogP contribution in [0, 0.1) is 5.41 Å². The van der Waals surface area contributed by atoms with Crippen molar-refractivity contribution in [1.82, 2.24) is 5.32 Å². The highest BCUT2D eigenvalue weighted by atomic mass is 14.9. The molecule has 0 aliphatic heterocycles. The lowest BCUT2D eigenvalue weighted by atomic mass is 9.75. The highest BCUT2D eigenvalue weighted by molar-refractivity contribution is 5.07. The number of hydrogen-bond donors (Lipinski definition) is 1. The second kappa shape index (κ2) is 5.35. The van der Waals surface area contributed by atoms with Gasteiger partial charge in [0.25, 0.3) is 0 Å². The lowest BCUT2D eigenvalue weighted by Crippen LogP contribution is -2.37. The third kappa shape index (κ3) is 3.62. The van der Waals surface area contributed by atoms with E-state index < -0.39 is 0 Å². The average Bonchev–Trinajstić information content (AvgIpc) is 2.69. The van der Waals surface area contributed by atoms with E-state index in [1.54, 1.807) is 5.57 Å². The molecule has 2 aliphatic rings. The van der Waals surface area contributed by atoms with Crippen LogP contribution in [0.15, 0.2) is 11.6 Å². The largest absolute Gasteiger partial charge is 0.314 e. The van der Waals surface area contributed by atoms with Crippen molar-refractivity contribution in [3.8, 4) is 0 Å². The summed E-state index contributed by atoms with van der Waals surface area (Å²) in [6, 6.07) is 0.783. The van der Waals surface area contributed by atoms with Crippen LogP contribution in [0.3, 0.4) is 0 Å². The summed E-state index contributed by atoms with van der Waals surface area (Å²) >= 11 is 0. The summed E-state index contributed by atoms with van der Waals surface area (Å²) in [5.74, 6) is 0.